The van der Waals surface area contributed by atoms with Crippen molar-refractivity contribution in [2.24, 2.45) is 0 Å². The van der Waals surface area contributed by atoms with Gasteiger partial charge in [-0.25, -0.2) is 4.98 Å². The molecule has 120 valence electrons. The maximum Gasteiger partial charge on any atom is 0.305 e. The molecule has 2 fully saturated rings. The summed E-state index contributed by atoms with van der Waals surface area (Å²) in [4.78, 5) is 29.5. The number of aliphatic carboxylic acids is 1. The average Bonchev–Trinajstić information content (AvgIpc) is 3.17. The van der Waals surface area contributed by atoms with E-state index in [9.17, 15) is 9.59 Å². The Morgan fingerprint density at radius 3 is 3.05 bits per heavy atom. The summed E-state index contributed by atoms with van der Waals surface area (Å²) < 4.78 is 10.9. The van der Waals surface area contributed by atoms with Gasteiger partial charge in [-0.15, -0.1) is 11.3 Å². The highest BCUT2D eigenvalue weighted by molar-refractivity contribution is 7.09. The molecule has 7 nitrogen and oxygen atoms in total. The van der Waals surface area contributed by atoms with E-state index in [1.807, 2.05) is 0 Å². The molecule has 1 amide bonds. The number of carbonyl (C=O) groups is 2. The third-order valence-corrected chi connectivity index (χ3v) is 4.78. The molecule has 1 aromatic heterocycles. The molecule has 3 rings (SSSR count). The summed E-state index contributed by atoms with van der Waals surface area (Å²) in [5.41, 5.74) is 0.368. The quantitative estimate of drug-likeness (QED) is 0.897. The number of hydrogen-bond donors (Lipinski definition) is 1. The summed E-state index contributed by atoms with van der Waals surface area (Å²) >= 11 is 1.42. The molecule has 22 heavy (non-hydrogen) atoms. The maximum absolute atomic E-state index is 12.6. The molecule has 2 saturated heterocycles. The molecule has 0 aromatic carbocycles. The number of rotatable bonds is 4. The first-order valence-electron chi connectivity index (χ1n) is 7.32. The van der Waals surface area contributed by atoms with Gasteiger partial charge in [0, 0.05) is 18.5 Å². The molecule has 1 aromatic rings. The first-order chi connectivity index (χ1) is 10.6. The lowest BCUT2D eigenvalue weighted by atomic mass is 10.1. The highest BCUT2D eigenvalue weighted by atomic mass is 32.1. The molecular formula is C14H18N2O5S. The summed E-state index contributed by atoms with van der Waals surface area (Å²) in [5.74, 6) is -1.17. The van der Waals surface area contributed by atoms with Gasteiger partial charge in [-0.2, -0.15) is 0 Å². The lowest BCUT2D eigenvalue weighted by Gasteiger charge is -2.34. The number of morpholine rings is 1. The Hall–Kier alpha value is -1.51. The molecule has 3 heterocycles. The number of amides is 1. The van der Waals surface area contributed by atoms with Crippen LogP contribution in [0.25, 0.3) is 0 Å². The molecule has 2 unspecified atom stereocenters. The van der Waals surface area contributed by atoms with Gasteiger partial charge < -0.3 is 19.5 Å². The van der Waals surface area contributed by atoms with Gasteiger partial charge in [0.15, 0.2) is 0 Å². The number of thiazole rings is 1. The minimum Gasteiger partial charge on any atom is -0.481 e. The van der Waals surface area contributed by atoms with E-state index in [1.54, 1.807) is 10.3 Å². The van der Waals surface area contributed by atoms with Crippen molar-refractivity contribution in [3.05, 3.63) is 16.1 Å². The number of hydrogen-bond acceptors (Lipinski definition) is 6. The highest BCUT2D eigenvalue weighted by Gasteiger charge is 2.31. The fourth-order valence-corrected chi connectivity index (χ4v) is 3.62. The minimum absolute atomic E-state index is 0.00828. The van der Waals surface area contributed by atoms with Gasteiger partial charge in [0.25, 0.3) is 5.91 Å². The number of carboxylic acids is 1. The third kappa shape index (κ3) is 3.29. The molecule has 0 aliphatic carbocycles. The number of carbonyl (C=O) groups excluding carboxylic acids is 1. The van der Waals surface area contributed by atoms with Gasteiger partial charge in [-0.1, -0.05) is 0 Å². The lowest BCUT2D eigenvalue weighted by molar-refractivity contribution is -0.139. The summed E-state index contributed by atoms with van der Waals surface area (Å²) in [6, 6.07) is -0.438. The van der Waals surface area contributed by atoms with Crippen LogP contribution in [-0.4, -0.2) is 59.3 Å². The lowest BCUT2D eigenvalue weighted by Crippen LogP contribution is -2.49. The predicted octanol–water partition coefficient (Wildman–Crippen LogP) is 1.31. The van der Waals surface area contributed by atoms with Crippen LogP contribution in [0.1, 0.15) is 40.9 Å². The second-order valence-electron chi connectivity index (χ2n) is 5.40. The van der Waals surface area contributed by atoms with Crippen molar-refractivity contribution in [3.63, 3.8) is 0 Å². The predicted molar refractivity (Wildman–Crippen MR) is 77.9 cm³/mol. The van der Waals surface area contributed by atoms with Crippen LogP contribution in [0.2, 0.25) is 0 Å². The monoisotopic (exact) mass is 326 g/mol. The normalized spacial score (nSPS) is 25.4. The number of aromatic nitrogens is 1. The van der Waals surface area contributed by atoms with E-state index < -0.39 is 12.0 Å². The van der Waals surface area contributed by atoms with Crippen molar-refractivity contribution in [1.82, 2.24) is 9.88 Å². The second kappa shape index (κ2) is 6.72. The molecule has 8 heteroatoms. The Bertz CT molecular complexity index is 555. The summed E-state index contributed by atoms with van der Waals surface area (Å²) in [7, 11) is 0. The Labute approximate surface area is 131 Å². The van der Waals surface area contributed by atoms with E-state index in [4.69, 9.17) is 14.6 Å². The molecule has 0 saturated carbocycles. The van der Waals surface area contributed by atoms with E-state index >= 15 is 0 Å². The standard InChI is InChI=1S/C14H18N2O5S/c17-12(18)6-9-7-20-5-3-16(9)14(19)10-8-22-13(15-10)11-2-1-4-21-11/h8-9,11H,1-7H2,(H,17,18). The van der Waals surface area contributed by atoms with Crippen LogP contribution in [-0.2, 0) is 14.3 Å². The van der Waals surface area contributed by atoms with Crippen LogP contribution in [0.5, 0.6) is 0 Å². The van der Waals surface area contributed by atoms with Crippen molar-refractivity contribution in [1.29, 1.82) is 0 Å². The van der Waals surface area contributed by atoms with E-state index in [2.05, 4.69) is 4.98 Å². The summed E-state index contributed by atoms with van der Waals surface area (Å²) in [5, 5.41) is 11.5. The van der Waals surface area contributed by atoms with Crippen LogP contribution < -0.4 is 0 Å². The van der Waals surface area contributed by atoms with Crippen LogP contribution >= 0.6 is 11.3 Å². The minimum atomic E-state index is -0.938. The molecule has 0 bridgehead atoms. The first kappa shape index (κ1) is 15.4. The molecule has 2 aliphatic rings. The van der Waals surface area contributed by atoms with Crippen LogP contribution in [0.15, 0.2) is 5.38 Å². The number of carboxylic acid groups (broad SMARTS) is 1. The Balaban J connectivity index is 1.72. The van der Waals surface area contributed by atoms with Gasteiger partial charge >= 0.3 is 5.97 Å². The molecule has 1 N–H and O–H groups in total. The van der Waals surface area contributed by atoms with Crippen molar-refractivity contribution in [2.75, 3.05) is 26.4 Å². The second-order valence-corrected chi connectivity index (χ2v) is 6.29. The van der Waals surface area contributed by atoms with Gasteiger partial charge in [-0.05, 0) is 12.8 Å². The van der Waals surface area contributed by atoms with E-state index in [-0.39, 0.29) is 25.0 Å². The highest BCUT2D eigenvalue weighted by Crippen LogP contribution is 2.31. The zero-order chi connectivity index (χ0) is 15.5. The van der Waals surface area contributed by atoms with Crippen LogP contribution in [0.3, 0.4) is 0 Å². The summed E-state index contributed by atoms with van der Waals surface area (Å²) in [6.07, 6.45) is 1.82. The Morgan fingerprint density at radius 2 is 2.32 bits per heavy atom. The molecule has 2 atom stereocenters. The van der Waals surface area contributed by atoms with Gasteiger partial charge in [0.2, 0.25) is 0 Å². The van der Waals surface area contributed by atoms with Crippen molar-refractivity contribution in [2.45, 2.75) is 31.4 Å². The Kier molecular flexibility index (Phi) is 4.70. The van der Waals surface area contributed by atoms with Crippen molar-refractivity contribution >= 4 is 23.2 Å². The largest absolute Gasteiger partial charge is 0.481 e. The number of nitrogens with zero attached hydrogens (tertiary/aromatic N) is 2. The van der Waals surface area contributed by atoms with Crippen LogP contribution in [0.4, 0.5) is 0 Å². The van der Waals surface area contributed by atoms with E-state index in [0.717, 1.165) is 24.5 Å². The van der Waals surface area contributed by atoms with Crippen LogP contribution in [0, 0.1) is 0 Å². The van der Waals surface area contributed by atoms with E-state index in [1.165, 1.54) is 11.3 Å². The summed E-state index contributed by atoms with van der Waals surface area (Å²) in [6.45, 7) is 1.80. The smallest absolute Gasteiger partial charge is 0.305 e. The van der Waals surface area contributed by atoms with E-state index in [0.29, 0.717) is 18.8 Å². The first-order valence-corrected chi connectivity index (χ1v) is 8.20. The Morgan fingerprint density at radius 1 is 1.45 bits per heavy atom. The van der Waals surface area contributed by atoms with Gasteiger partial charge in [0.1, 0.15) is 16.8 Å². The zero-order valence-corrected chi connectivity index (χ0v) is 12.9. The zero-order valence-electron chi connectivity index (χ0n) is 12.1. The molecular weight excluding hydrogens is 308 g/mol. The number of ether oxygens (including phenoxy) is 2. The average molecular weight is 326 g/mol. The maximum atomic E-state index is 12.6. The van der Waals surface area contributed by atoms with Crippen molar-refractivity contribution < 1.29 is 24.2 Å². The van der Waals surface area contributed by atoms with Crippen molar-refractivity contribution in [3.8, 4) is 0 Å². The molecule has 2 aliphatic heterocycles. The third-order valence-electron chi connectivity index (χ3n) is 3.84. The van der Waals surface area contributed by atoms with Gasteiger partial charge in [-0.3, -0.25) is 9.59 Å². The fourth-order valence-electron chi connectivity index (χ4n) is 2.75. The topological polar surface area (TPSA) is 89.0 Å². The van der Waals surface area contributed by atoms with Gasteiger partial charge in [0.05, 0.1) is 25.7 Å². The fraction of sp³-hybridized carbons (Fsp3) is 0.643. The SMILES string of the molecule is O=C(O)CC1COCCN1C(=O)c1csc(C2CCCO2)n1. The molecule has 0 radical (unpaired) electrons. The molecule has 0 spiro atoms.